The number of aryl methyl sites for hydroxylation is 4. The number of nitrogens with zero attached hydrogens (tertiary/aromatic N) is 2. The van der Waals surface area contributed by atoms with Crippen molar-refractivity contribution in [3.8, 4) is 44.9 Å². The number of thioether (sulfide) groups is 1. The van der Waals surface area contributed by atoms with Crippen molar-refractivity contribution in [3.63, 3.8) is 0 Å². The van der Waals surface area contributed by atoms with E-state index in [2.05, 4.69) is 154 Å². The van der Waals surface area contributed by atoms with Gasteiger partial charge in [0.1, 0.15) is 10.9 Å². The molecule has 1 amide bonds. The molecule has 8 rings (SSSR count). The second-order valence-corrected chi connectivity index (χ2v) is 22.0. The van der Waals surface area contributed by atoms with Gasteiger partial charge in [-0.1, -0.05) is 214 Å². The van der Waals surface area contributed by atoms with E-state index in [4.69, 9.17) is 17.0 Å². The number of amides is 1. The van der Waals surface area contributed by atoms with E-state index in [1.54, 1.807) is 0 Å². The van der Waals surface area contributed by atoms with Crippen LogP contribution in [0.5, 0.6) is 11.5 Å². The molecule has 0 aliphatic carbocycles. The van der Waals surface area contributed by atoms with Crippen LogP contribution in [0.15, 0.2) is 126 Å². The highest BCUT2D eigenvalue weighted by atomic mass is 32.2. The van der Waals surface area contributed by atoms with Crippen LogP contribution in [0.3, 0.4) is 0 Å². The molecule has 6 aromatic carbocycles. The van der Waals surface area contributed by atoms with Crippen LogP contribution in [0.1, 0.15) is 158 Å². The van der Waals surface area contributed by atoms with E-state index in [-0.39, 0.29) is 10.2 Å². The van der Waals surface area contributed by atoms with E-state index >= 15 is 0 Å². The van der Waals surface area contributed by atoms with E-state index in [0.717, 1.165) is 97.5 Å². The number of benzene rings is 6. The number of anilines is 3. The number of hydrogen-bond donors (Lipinski definition) is 1. The number of carbonyl (C=O) groups excluding carboxylic acids is 1. The van der Waals surface area contributed by atoms with Gasteiger partial charge in [0, 0.05) is 5.69 Å². The third-order valence-corrected chi connectivity index (χ3v) is 16.1. The van der Waals surface area contributed by atoms with Gasteiger partial charge in [0.15, 0.2) is 11.5 Å². The minimum Gasteiger partial charge on any atom is -0.480 e. The number of thiocarbonyl (C=S) groups is 1. The first kappa shape index (κ1) is 54.3. The van der Waals surface area contributed by atoms with Crippen molar-refractivity contribution in [3.05, 3.63) is 154 Å². The molecule has 1 N–H and O–H groups in total. The molecule has 6 nitrogen and oxygen atoms in total. The number of carbonyl (C=O) groups is 2. The Hall–Kier alpha value is -5.96. The molecule has 1 saturated heterocycles. The molecule has 2 heterocycles. The zero-order valence-corrected chi connectivity index (χ0v) is 46.0. The molecule has 74 heavy (non-hydrogen) atoms. The monoisotopic (exact) mass is 1020 g/mol. The summed E-state index contributed by atoms with van der Waals surface area (Å²) in [5, 5.41) is 9.44. The Balaban J connectivity index is 1.13. The van der Waals surface area contributed by atoms with E-state index < -0.39 is 12.5 Å². The van der Waals surface area contributed by atoms with E-state index in [9.17, 15) is 14.7 Å². The van der Waals surface area contributed by atoms with Crippen molar-refractivity contribution in [1.29, 1.82) is 0 Å². The molecule has 0 bridgehead atoms. The Bertz CT molecular complexity index is 2920. The molecule has 386 valence electrons. The second-order valence-electron chi connectivity index (χ2n) is 20.3. The first-order chi connectivity index (χ1) is 36.2. The zero-order valence-electron chi connectivity index (χ0n) is 44.4. The normalized spacial score (nSPS) is 13.6. The fourth-order valence-electron chi connectivity index (χ4n) is 10.6. The lowest BCUT2D eigenvalue weighted by Crippen LogP contribution is -2.33. The van der Waals surface area contributed by atoms with Crippen LogP contribution in [0.25, 0.3) is 39.5 Å². The molecule has 6 aromatic rings. The highest BCUT2D eigenvalue weighted by Crippen LogP contribution is 2.51. The van der Waals surface area contributed by atoms with Crippen LogP contribution in [-0.4, -0.2) is 32.7 Å². The van der Waals surface area contributed by atoms with Gasteiger partial charge < -0.3 is 14.7 Å². The second kappa shape index (κ2) is 27.0. The molecule has 0 spiro atoms. The summed E-state index contributed by atoms with van der Waals surface area (Å²) in [6.07, 6.45) is 25.0. The molecular weight excluding hydrogens is 949 g/mol. The largest absolute Gasteiger partial charge is 0.480 e. The van der Waals surface area contributed by atoms with Gasteiger partial charge in [0.25, 0.3) is 5.91 Å². The Morgan fingerprint density at radius 1 is 0.554 bits per heavy atom. The molecule has 0 unspecified atom stereocenters. The van der Waals surface area contributed by atoms with Gasteiger partial charge >= 0.3 is 5.97 Å². The topological polar surface area (TPSA) is 70.1 Å². The van der Waals surface area contributed by atoms with Crippen molar-refractivity contribution in [2.24, 2.45) is 0 Å². The number of hydrogen-bond acceptors (Lipinski definition) is 6. The molecular formula is C66H76N2O4S2. The number of carboxylic acid groups (broad SMARTS) is 1. The maximum atomic E-state index is 13.4. The summed E-state index contributed by atoms with van der Waals surface area (Å²) in [5.41, 5.74) is 16.8. The lowest BCUT2D eigenvalue weighted by molar-refractivity contribution is -0.140. The average molecular weight is 1030 g/mol. The summed E-state index contributed by atoms with van der Waals surface area (Å²) in [7, 11) is 0. The molecule has 0 saturated carbocycles. The van der Waals surface area contributed by atoms with Gasteiger partial charge in [0.05, 0.1) is 16.3 Å². The zero-order chi connectivity index (χ0) is 51.8. The van der Waals surface area contributed by atoms with Crippen LogP contribution in [0.2, 0.25) is 0 Å². The maximum absolute atomic E-state index is 13.4. The van der Waals surface area contributed by atoms with E-state index in [1.807, 2.05) is 6.08 Å². The molecule has 2 aliphatic heterocycles. The lowest BCUT2D eigenvalue weighted by Gasteiger charge is -2.33. The van der Waals surface area contributed by atoms with Crippen molar-refractivity contribution in [1.82, 2.24) is 4.90 Å². The third-order valence-electron chi connectivity index (χ3n) is 14.7. The number of fused-ring (bicyclic) bond motifs is 2. The number of rotatable bonds is 27. The number of carboxylic acids is 1. The van der Waals surface area contributed by atoms with Crippen LogP contribution in [0.4, 0.5) is 17.1 Å². The van der Waals surface area contributed by atoms with Crippen LogP contribution >= 0.6 is 24.0 Å². The maximum Gasteiger partial charge on any atom is 0.323 e. The van der Waals surface area contributed by atoms with Gasteiger partial charge in [0.2, 0.25) is 0 Å². The fourth-order valence-corrected chi connectivity index (χ4v) is 11.8. The Morgan fingerprint density at radius 3 is 1.66 bits per heavy atom. The third kappa shape index (κ3) is 13.7. The number of para-hydroxylation sites is 2. The van der Waals surface area contributed by atoms with Gasteiger partial charge in [-0.3, -0.25) is 14.5 Å². The first-order valence-corrected chi connectivity index (χ1v) is 29.1. The average Bonchev–Trinajstić information content (AvgIpc) is 3.67. The fraction of sp³-hybridized carbons (Fsp3) is 0.379. The van der Waals surface area contributed by atoms with E-state index in [0.29, 0.717) is 4.91 Å². The van der Waals surface area contributed by atoms with Crippen molar-refractivity contribution in [2.75, 3.05) is 11.4 Å². The number of unbranched alkanes of at least 4 members (excludes halogenated alkanes) is 12. The molecule has 0 atom stereocenters. The molecule has 8 heteroatoms. The number of aliphatic carboxylic acids is 1. The van der Waals surface area contributed by atoms with Crippen molar-refractivity contribution in [2.45, 2.75) is 156 Å². The van der Waals surface area contributed by atoms with Crippen molar-refractivity contribution < 1.29 is 19.4 Å². The van der Waals surface area contributed by atoms with Gasteiger partial charge in [-0.25, -0.2) is 0 Å². The minimum absolute atomic E-state index is 0.285. The molecule has 1 fully saturated rings. The quantitative estimate of drug-likeness (QED) is 0.0313. The van der Waals surface area contributed by atoms with Crippen LogP contribution in [-0.2, 0) is 35.3 Å². The van der Waals surface area contributed by atoms with Gasteiger partial charge in [-0.2, -0.15) is 0 Å². The van der Waals surface area contributed by atoms with Gasteiger partial charge in [-0.15, -0.1) is 0 Å². The van der Waals surface area contributed by atoms with Crippen LogP contribution < -0.4 is 9.64 Å². The predicted octanol–water partition coefficient (Wildman–Crippen LogP) is 19.0. The summed E-state index contributed by atoms with van der Waals surface area (Å²) in [6.45, 7) is 8.61. The van der Waals surface area contributed by atoms with Crippen molar-refractivity contribution >= 4 is 63.3 Å². The summed E-state index contributed by atoms with van der Waals surface area (Å²) >= 11 is 6.63. The predicted molar refractivity (Wildman–Crippen MR) is 316 cm³/mol. The summed E-state index contributed by atoms with van der Waals surface area (Å²) in [4.78, 5) is 28.9. The minimum atomic E-state index is -1.08. The highest BCUT2D eigenvalue weighted by Gasteiger charge is 2.34. The summed E-state index contributed by atoms with van der Waals surface area (Å²) < 4.78 is 7.04. The molecule has 0 aromatic heterocycles. The summed E-state index contributed by atoms with van der Waals surface area (Å²) in [6, 6.07) is 45.1. The van der Waals surface area contributed by atoms with Gasteiger partial charge in [-0.05, 0) is 155 Å². The lowest BCUT2D eigenvalue weighted by atomic mass is 9.88. The van der Waals surface area contributed by atoms with Crippen LogP contribution in [0, 0.1) is 0 Å². The Kier molecular flexibility index (Phi) is 19.8. The molecule has 2 aliphatic rings. The summed E-state index contributed by atoms with van der Waals surface area (Å²) in [5.74, 6) is 0.299. The Labute approximate surface area is 451 Å². The number of ether oxygens (including phenoxy) is 1. The Morgan fingerprint density at radius 2 is 1.07 bits per heavy atom. The molecule has 0 radical (unpaired) electrons. The SMILES string of the molecule is CCCCCCc1ccc(N2c3ccccc3Oc3cc(-c4ccc(-c5ccc(-c6ccc(/C=C7\SC(=S)N(CC(=O)O)C7=O)c(CCCCCC)c6)c(CCCCCC)c5)cc4CCCCCC)ccc32)cc1. The highest BCUT2D eigenvalue weighted by molar-refractivity contribution is 8.26. The van der Waals surface area contributed by atoms with E-state index in [1.165, 1.54) is 137 Å². The first-order valence-electron chi connectivity index (χ1n) is 27.9. The smallest absolute Gasteiger partial charge is 0.323 e. The standard InChI is InChI=1S/C66H76N2O4S2/c1-5-9-13-17-23-47-29-36-56(37-30-47)68-59-27-21-22-28-61(59)72-62-44-55(35-40-60(62)68)58-39-34-50(43-53(58)26-20-16-12-8-4)49-33-38-57(52(42-49)25-19-15-11-7-3)54-32-31-51(48(41-54)24-18-14-10-6-2)45-63-65(71)67(46-64(69)70)66(73)74-63/h21-22,27-45H,5-20,23-26,46H2,1-4H3,(H,69,70)/b63-45-.